The Hall–Kier alpha value is -1.92. The molecule has 1 amide bonds. The molecule has 3 aromatic rings. The van der Waals surface area contributed by atoms with Crippen LogP contribution in [-0.4, -0.2) is 17.6 Å². The van der Waals surface area contributed by atoms with E-state index in [2.05, 4.69) is 20.9 Å². The third-order valence-corrected chi connectivity index (χ3v) is 5.04. The van der Waals surface area contributed by atoms with Gasteiger partial charge in [-0.1, -0.05) is 17.4 Å². The number of halogens is 1. The minimum absolute atomic E-state index is 0.263. The lowest BCUT2D eigenvalue weighted by Crippen LogP contribution is -2.13. The summed E-state index contributed by atoms with van der Waals surface area (Å²) in [6, 6.07) is 12.9. The van der Waals surface area contributed by atoms with E-state index in [1.165, 1.54) is 11.3 Å². The van der Waals surface area contributed by atoms with Crippen LogP contribution in [0, 0.1) is 0 Å². The van der Waals surface area contributed by atoms with Gasteiger partial charge in [0.15, 0.2) is 4.80 Å². The van der Waals surface area contributed by atoms with Crippen molar-refractivity contribution in [2.24, 2.45) is 12.0 Å². The zero-order chi connectivity index (χ0) is 15.7. The Balaban J connectivity index is 2.06. The van der Waals surface area contributed by atoms with E-state index in [4.69, 9.17) is 4.74 Å². The Labute approximate surface area is 139 Å². The first-order chi connectivity index (χ1) is 10.6. The summed E-state index contributed by atoms with van der Waals surface area (Å²) in [4.78, 5) is 17.2. The number of aromatic nitrogens is 1. The Kier molecular flexibility index (Phi) is 4.13. The van der Waals surface area contributed by atoms with Gasteiger partial charge in [0.1, 0.15) is 5.75 Å². The molecular weight excluding hydrogens is 364 g/mol. The number of amides is 1. The molecule has 2 aromatic carbocycles. The van der Waals surface area contributed by atoms with Gasteiger partial charge in [0.25, 0.3) is 5.91 Å². The summed E-state index contributed by atoms with van der Waals surface area (Å²) in [5.74, 6) is 0.453. The van der Waals surface area contributed by atoms with Crippen molar-refractivity contribution in [1.82, 2.24) is 4.57 Å². The molecule has 3 rings (SSSR count). The average Bonchev–Trinajstić information content (AvgIpc) is 2.85. The van der Waals surface area contributed by atoms with Crippen molar-refractivity contribution in [2.45, 2.75) is 0 Å². The van der Waals surface area contributed by atoms with E-state index in [0.717, 1.165) is 14.7 Å². The van der Waals surface area contributed by atoms with Gasteiger partial charge in [-0.3, -0.25) is 4.79 Å². The monoisotopic (exact) mass is 376 g/mol. The van der Waals surface area contributed by atoms with E-state index in [9.17, 15) is 4.79 Å². The zero-order valence-electron chi connectivity index (χ0n) is 12.0. The highest BCUT2D eigenvalue weighted by Gasteiger charge is 2.09. The summed E-state index contributed by atoms with van der Waals surface area (Å²) < 4.78 is 9.08. The summed E-state index contributed by atoms with van der Waals surface area (Å²) in [6.45, 7) is 0. The third-order valence-electron chi connectivity index (χ3n) is 3.31. The number of methoxy groups -OCH3 is 1. The van der Waals surface area contributed by atoms with Crippen LogP contribution >= 0.6 is 27.3 Å². The molecule has 0 fully saturated rings. The number of carbonyl (C=O) groups excluding carboxylic acids is 1. The summed E-state index contributed by atoms with van der Waals surface area (Å²) in [5.41, 5.74) is 1.58. The fraction of sp³-hybridized carbons (Fsp3) is 0.125. The number of benzene rings is 2. The highest BCUT2D eigenvalue weighted by molar-refractivity contribution is 9.10. The first-order valence-electron chi connectivity index (χ1n) is 6.57. The average molecular weight is 377 g/mol. The molecule has 6 heteroatoms. The molecular formula is C16H13BrN2O2S. The smallest absolute Gasteiger partial charge is 0.279 e. The first kappa shape index (κ1) is 15.0. The summed E-state index contributed by atoms with van der Waals surface area (Å²) in [6.07, 6.45) is 0. The lowest BCUT2D eigenvalue weighted by atomic mass is 10.2. The highest BCUT2D eigenvalue weighted by Crippen LogP contribution is 2.24. The van der Waals surface area contributed by atoms with Gasteiger partial charge in [-0.2, -0.15) is 4.99 Å². The second-order valence-corrected chi connectivity index (χ2v) is 6.54. The Morgan fingerprint density at radius 2 is 1.95 bits per heavy atom. The van der Waals surface area contributed by atoms with Crippen LogP contribution in [0.5, 0.6) is 5.75 Å². The fourth-order valence-corrected chi connectivity index (χ4v) is 3.96. The Morgan fingerprint density at radius 3 is 2.59 bits per heavy atom. The van der Waals surface area contributed by atoms with Crippen LogP contribution in [0.1, 0.15) is 10.4 Å². The highest BCUT2D eigenvalue weighted by atomic mass is 79.9. The van der Waals surface area contributed by atoms with E-state index in [0.29, 0.717) is 16.1 Å². The van der Waals surface area contributed by atoms with Gasteiger partial charge in [-0.05, 0) is 52.3 Å². The van der Waals surface area contributed by atoms with Gasteiger partial charge in [-0.25, -0.2) is 0 Å². The second kappa shape index (κ2) is 6.06. The normalized spacial score (nSPS) is 11.9. The standard InChI is InChI=1S/C16H13BrN2O2S/c1-19-14-12(17)4-3-5-13(14)22-16(19)18-15(20)10-6-8-11(21-2)9-7-10/h3-9H,1-2H3. The van der Waals surface area contributed by atoms with Crippen LogP contribution in [0.3, 0.4) is 0 Å². The molecule has 1 heterocycles. The molecule has 0 spiro atoms. The van der Waals surface area contributed by atoms with Crippen LogP contribution in [0.2, 0.25) is 0 Å². The van der Waals surface area contributed by atoms with Gasteiger partial charge in [0.05, 0.1) is 17.3 Å². The fourth-order valence-electron chi connectivity index (χ4n) is 2.15. The van der Waals surface area contributed by atoms with Crippen molar-refractivity contribution < 1.29 is 9.53 Å². The van der Waals surface area contributed by atoms with E-state index in [-0.39, 0.29) is 5.91 Å². The van der Waals surface area contributed by atoms with Gasteiger partial charge < -0.3 is 9.30 Å². The van der Waals surface area contributed by atoms with Crippen molar-refractivity contribution in [3.05, 3.63) is 57.3 Å². The Morgan fingerprint density at radius 1 is 1.23 bits per heavy atom. The van der Waals surface area contributed by atoms with Crippen LogP contribution in [0.4, 0.5) is 0 Å². The summed E-state index contributed by atoms with van der Waals surface area (Å²) in [5, 5.41) is 0. The van der Waals surface area contributed by atoms with Crippen LogP contribution < -0.4 is 9.54 Å². The van der Waals surface area contributed by atoms with E-state index in [1.807, 2.05) is 29.8 Å². The molecule has 112 valence electrons. The molecule has 0 atom stereocenters. The Bertz CT molecular complexity index is 910. The van der Waals surface area contributed by atoms with Crippen LogP contribution in [0.15, 0.2) is 51.9 Å². The number of ether oxygens (including phenoxy) is 1. The SMILES string of the molecule is COc1ccc(C(=O)N=c2sc3cccc(Br)c3n2C)cc1. The minimum atomic E-state index is -0.263. The maximum absolute atomic E-state index is 12.3. The molecule has 0 bridgehead atoms. The molecule has 22 heavy (non-hydrogen) atoms. The number of hydrogen-bond donors (Lipinski definition) is 0. The van der Waals surface area contributed by atoms with Gasteiger partial charge in [0, 0.05) is 17.1 Å². The van der Waals surface area contributed by atoms with Crippen molar-refractivity contribution in [3.8, 4) is 5.75 Å². The lowest BCUT2D eigenvalue weighted by Gasteiger charge is -2.00. The van der Waals surface area contributed by atoms with Gasteiger partial charge in [-0.15, -0.1) is 0 Å². The largest absolute Gasteiger partial charge is 0.497 e. The van der Waals surface area contributed by atoms with Crippen molar-refractivity contribution >= 4 is 43.4 Å². The predicted octanol–water partition coefficient (Wildman–Crippen LogP) is 3.75. The molecule has 4 nitrogen and oxygen atoms in total. The number of thiazole rings is 1. The van der Waals surface area contributed by atoms with Crippen LogP contribution in [0.25, 0.3) is 10.2 Å². The van der Waals surface area contributed by atoms with E-state index in [1.54, 1.807) is 31.4 Å². The van der Waals surface area contributed by atoms with E-state index >= 15 is 0 Å². The maximum atomic E-state index is 12.3. The third kappa shape index (κ3) is 2.71. The number of para-hydroxylation sites is 1. The number of hydrogen-bond acceptors (Lipinski definition) is 3. The number of fused-ring (bicyclic) bond motifs is 1. The lowest BCUT2D eigenvalue weighted by molar-refractivity contribution is 0.0998. The molecule has 0 unspecified atom stereocenters. The molecule has 0 radical (unpaired) electrons. The van der Waals surface area contributed by atoms with Gasteiger partial charge >= 0.3 is 0 Å². The molecule has 0 N–H and O–H groups in total. The quantitative estimate of drug-likeness (QED) is 0.683. The molecule has 0 saturated heterocycles. The minimum Gasteiger partial charge on any atom is -0.497 e. The topological polar surface area (TPSA) is 43.6 Å². The molecule has 0 saturated carbocycles. The maximum Gasteiger partial charge on any atom is 0.279 e. The molecule has 1 aromatic heterocycles. The van der Waals surface area contributed by atoms with Gasteiger partial charge in [0.2, 0.25) is 0 Å². The summed E-state index contributed by atoms with van der Waals surface area (Å²) in [7, 11) is 3.50. The first-order valence-corrected chi connectivity index (χ1v) is 8.18. The predicted molar refractivity (Wildman–Crippen MR) is 91.4 cm³/mol. The molecule has 0 aliphatic rings. The van der Waals surface area contributed by atoms with Crippen molar-refractivity contribution in [3.63, 3.8) is 0 Å². The number of nitrogens with zero attached hydrogens (tertiary/aromatic N) is 2. The zero-order valence-corrected chi connectivity index (χ0v) is 14.4. The number of rotatable bonds is 2. The molecule has 0 aliphatic carbocycles. The van der Waals surface area contributed by atoms with Crippen molar-refractivity contribution in [2.75, 3.05) is 7.11 Å². The van der Waals surface area contributed by atoms with E-state index < -0.39 is 0 Å². The number of aryl methyl sites for hydroxylation is 1. The van der Waals surface area contributed by atoms with Crippen LogP contribution in [-0.2, 0) is 7.05 Å². The van der Waals surface area contributed by atoms with Crippen molar-refractivity contribution in [1.29, 1.82) is 0 Å². The number of carbonyl (C=O) groups is 1. The second-order valence-electron chi connectivity index (χ2n) is 4.68. The summed E-state index contributed by atoms with van der Waals surface area (Å²) >= 11 is 5.02. The molecule has 0 aliphatic heterocycles.